The number of likely N-dealkylation sites (N-methyl/N-ethyl adjacent to an activating group) is 1. The maximum atomic E-state index is 5.65. The first-order valence-corrected chi connectivity index (χ1v) is 5.35. The molecule has 3 nitrogen and oxygen atoms in total. The highest BCUT2D eigenvalue weighted by Gasteiger charge is 2.10. The largest absolute Gasteiger partial charge is 0.441 e. The number of oxazole rings is 1. The van der Waals surface area contributed by atoms with E-state index in [1.807, 2.05) is 31.3 Å². The summed E-state index contributed by atoms with van der Waals surface area (Å²) in [6, 6.07) is 8.31. The molecule has 0 spiro atoms. The van der Waals surface area contributed by atoms with Crippen LogP contribution in [-0.4, -0.2) is 18.1 Å². The standard InChI is InChI=1S/C12H16N2O/c1-3-9(13-2)8-12-14-10-6-4-5-7-11(10)15-12/h4-7,9,13H,3,8H2,1-2H3. The summed E-state index contributed by atoms with van der Waals surface area (Å²) in [5.41, 5.74) is 1.82. The second-order valence-corrected chi connectivity index (χ2v) is 3.67. The second kappa shape index (κ2) is 4.45. The fourth-order valence-electron chi connectivity index (χ4n) is 1.67. The van der Waals surface area contributed by atoms with E-state index < -0.39 is 0 Å². The van der Waals surface area contributed by atoms with Gasteiger partial charge in [-0.3, -0.25) is 0 Å². The molecule has 1 N–H and O–H groups in total. The van der Waals surface area contributed by atoms with Gasteiger partial charge in [0.25, 0.3) is 0 Å². The zero-order chi connectivity index (χ0) is 10.7. The third kappa shape index (κ3) is 2.18. The van der Waals surface area contributed by atoms with Gasteiger partial charge in [-0.2, -0.15) is 0 Å². The van der Waals surface area contributed by atoms with Gasteiger partial charge in [-0.15, -0.1) is 0 Å². The molecule has 0 aliphatic heterocycles. The zero-order valence-electron chi connectivity index (χ0n) is 9.16. The van der Waals surface area contributed by atoms with E-state index in [1.54, 1.807) is 0 Å². The Hall–Kier alpha value is -1.35. The Morgan fingerprint density at radius 1 is 1.40 bits per heavy atom. The topological polar surface area (TPSA) is 38.1 Å². The van der Waals surface area contributed by atoms with Gasteiger partial charge < -0.3 is 9.73 Å². The molecule has 0 saturated carbocycles. The molecule has 1 heterocycles. The lowest BCUT2D eigenvalue weighted by molar-refractivity contribution is 0.457. The van der Waals surface area contributed by atoms with Crippen LogP contribution in [0.1, 0.15) is 19.2 Å². The van der Waals surface area contributed by atoms with Gasteiger partial charge >= 0.3 is 0 Å². The normalized spacial score (nSPS) is 13.2. The van der Waals surface area contributed by atoms with Crippen LogP contribution in [0.5, 0.6) is 0 Å². The molecule has 3 heteroatoms. The van der Waals surface area contributed by atoms with Crippen LogP contribution in [0.15, 0.2) is 28.7 Å². The monoisotopic (exact) mass is 204 g/mol. The Morgan fingerprint density at radius 2 is 2.20 bits per heavy atom. The van der Waals surface area contributed by atoms with E-state index in [9.17, 15) is 0 Å². The van der Waals surface area contributed by atoms with Gasteiger partial charge in [0.05, 0.1) is 0 Å². The number of benzene rings is 1. The predicted molar refractivity (Wildman–Crippen MR) is 60.9 cm³/mol. The molecular formula is C12H16N2O. The summed E-state index contributed by atoms with van der Waals surface area (Å²) in [4.78, 5) is 4.44. The van der Waals surface area contributed by atoms with Gasteiger partial charge in [0.15, 0.2) is 11.5 Å². The SMILES string of the molecule is CCC(Cc1nc2ccccc2o1)NC. The summed E-state index contributed by atoms with van der Waals surface area (Å²) < 4.78 is 5.65. The number of rotatable bonds is 4. The molecule has 0 aliphatic carbocycles. The maximum absolute atomic E-state index is 5.65. The fraction of sp³-hybridized carbons (Fsp3) is 0.417. The van der Waals surface area contributed by atoms with Crippen LogP contribution < -0.4 is 5.32 Å². The van der Waals surface area contributed by atoms with Crippen LogP contribution in [0, 0.1) is 0 Å². The van der Waals surface area contributed by atoms with E-state index >= 15 is 0 Å². The minimum absolute atomic E-state index is 0.443. The molecule has 15 heavy (non-hydrogen) atoms. The molecular weight excluding hydrogens is 188 g/mol. The van der Waals surface area contributed by atoms with Gasteiger partial charge in [-0.05, 0) is 25.6 Å². The van der Waals surface area contributed by atoms with E-state index in [-0.39, 0.29) is 0 Å². The summed E-state index contributed by atoms with van der Waals surface area (Å²) in [5.74, 6) is 0.817. The van der Waals surface area contributed by atoms with Crippen molar-refractivity contribution in [3.05, 3.63) is 30.2 Å². The van der Waals surface area contributed by atoms with Crippen molar-refractivity contribution in [3.8, 4) is 0 Å². The Morgan fingerprint density at radius 3 is 2.87 bits per heavy atom. The van der Waals surface area contributed by atoms with E-state index in [4.69, 9.17) is 4.42 Å². The molecule has 1 atom stereocenters. The third-order valence-electron chi connectivity index (χ3n) is 2.66. The van der Waals surface area contributed by atoms with Crippen molar-refractivity contribution in [1.82, 2.24) is 10.3 Å². The van der Waals surface area contributed by atoms with Crippen LogP contribution in [0.4, 0.5) is 0 Å². The summed E-state index contributed by atoms with van der Waals surface area (Å²) >= 11 is 0. The Kier molecular flexibility index (Phi) is 3.02. The molecule has 2 aromatic rings. The highest BCUT2D eigenvalue weighted by molar-refractivity contribution is 5.72. The lowest BCUT2D eigenvalue weighted by Gasteiger charge is -2.09. The van der Waals surface area contributed by atoms with Crippen LogP contribution >= 0.6 is 0 Å². The number of hydrogen-bond acceptors (Lipinski definition) is 3. The Balaban J connectivity index is 2.21. The Labute approximate surface area is 89.5 Å². The average molecular weight is 204 g/mol. The lowest BCUT2D eigenvalue weighted by atomic mass is 10.1. The van der Waals surface area contributed by atoms with Crippen molar-refractivity contribution < 1.29 is 4.42 Å². The van der Waals surface area contributed by atoms with Gasteiger partial charge in [0, 0.05) is 12.5 Å². The predicted octanol–water partition coefficient (Wildman–Crippen LogP) is 2.37. The third-order valence-corrected chi connectivity index (χ3v) is 2.66. The van der Waals surface area contributed by atoms with Gasteiger partial charge in [0.2, 0.25) is 0 Å². The number of aromatic nitrogens is 1. The number of nitrogens with one attached hydrogen (secondary N) is 1. The minimum atomic E-state index is 0.443. The summed E-state index contributed by atoms with van der Waals surface area (Å²) in [7, 11) is 1.97. The molecule has 1 aromatic heterocycles. The van der Waals surface area contributed by atoms with Crippen molar-refractivity contribution in [2.45, 2.75) is 25.8 Å². The first kappa shape index (κ1) is 10.2. The summed E-state index contributed by atoms with van der Waals surface area (Å²) in [6.45, 7) is 2.16. The quantitative estimate of drug-likeness (QED) is 0.830. The van der Waals surface area contributed by atoms with Gasteiger partial charge in [-0.25, -0.2) is 4.98 Å². The molecule has 0 saturated heterocycles. The molecule has 0 aliphatic rings. The molecule has 0 radical (unpaired) electrons. The molecule has 2 rings (SSSR count). The highest BCUT2D eigenvalue weighted by atomic mass is 16.3. The van der Waals surface area contributed by atoms with Crippen LogP contribution in [0.3, 0.4) is 0 Å². The van der Waals surface area contributed by atoms with Crippen LogP contribution in [0.2, 0.25) is 0 Å². The van der Waals surface area contributed by atoms with Gasteiger partial charge in [-0.1, -0.05) is 19.1 Å². The van der Waals surface area contributed by atoms with Crippen LogP contribution in [0.25, 0.3) is 11.1 Å². The smallest absolute Gasteiger partial charge is 0.197 e. The molecule has 1 unspecified atom stereocenters. The van der Waals surface area contributed by atoms with Crippen molar-refractivity contribution in [1.29, 1.82) is 0 Å². The van der Waals surface area contributed by atoms with E-state index in [2.05, 4.69) is 17.2 Å². The number of fused-ring (bicyclic) bond motifs is 1. The first-order valence-electron chi connectivity index (χ1n) is 5.35. The fourth-order valence-corrected chi connectivity index (χ4v) is 1.67. The lowest BCUT2D eigenvalue weighted by Crippen LogP contribution is -2.26. The minimum Gasteiger partial charge on any atom is -0.441 e. The highest BCUT2D eigenvalue weighted by Crippen LogP contribution is 2.16. The van der Waals surface area contributed by atoms with Crippen LogP contribution in [-0.2, 0) is 6.42 Å². The molecule has 0 bridgehead atoms. The molecule has 80 valence electrons. The van der Waals surface area contributed by atoms with Crippen molar-refractivity contribution in [3.63, 3.8) is 0 Å². The van der Waals surface area contributed by atoms with Crippen molar-refractivity contribution in [2.75, 3.05) is 7.05 Å². The summed E-state index contributed by atoms with van der Waals surface area (Å²) in [5, 5.41) is 3.24. The molecule has 0 amide bonds. The van der Waals surface area contributed by atoms with E-state index in [1.165, 1.54) is 0 Å². The molecule has 0 fully saturated rings. The second-order valence-electron chi connectivity index (χ2n) is 3.67. The Bertz CT molecular complexity index is 399. The summed E-state index contributed by atoms with van der Waals surface area (Å²) in [6.07, 6.45) is 1.93. The number of hydrogen-bond donors (Lipinski definition) is 1. The number of para-hydroxylation sites is 2. The van der Waals surface area contributed by atoms with E-state index in [0.29, 0.717) is 6.04 Å². The van der Waals surface area contributed by atoms with Crippen molar-refractivity contribution >= 4 is 11.1 Å². The number of nitrogens with zero attached hydrogens (tertiary/aromatic N) is 1. The molecule has 1 aromatic carbocycles. The van der Waals surface area contributed by atoms with Gasteiger partial charge in [0.1, 0.15) is 5.52 Å². The van der Waals surface area contributed by atoms with E-state index in [0.717, 1.165) is 29.8 Å². The zero-order valence-corrected chi connectivity index (χ0v) is 9.16. The maximum Gasteiger partial charge on any atom is 0.197 e. The van der Waals surface area contributed by atoms with Crippen molar-refractivity contribution in [2.24, 2.45) is 0 Å². The average Bonchev–Trinajstić information content (AvgIpc) is 2.68. The first-order chi connectivity index (χ1) is 7.33.